The topological polar surface area (TPSA) is 0 Å². The summed E-state index contributed by atoms with van der Waals surface area (Å²) in [6.45, 7) is 0. The zero-order chi connectivity index (χ0) is 8.23. The predicted molar refractivity (Wildman–Crippen MR) is 51.9 cm³/mol. The molecule has 0 heterocycles. The SMILES string of the molecule is c1ccc([C+]2CCCCC2)cc1. The van der Waals surface area contributed by atoms with Crippen molar-refractivity contribution < 1.29 is 0 Å². The quantitative estimate of drug-likeness (QED) is 0.549. The van der Waals surface area contributed by atoms with Crippen LogP contribution in [0.2, 0.25) is 0 Å². The van der Waals surface area contributed by atoms with Crippen LogP contribution in [-0.2, 0) is 0 Å². The minimum atomic E-state index is 1.32. The second-order valence-corrected chi connectivity index (χ2v) is 3.53. The van der Waals surface area contributed by atoms with Crippen molar-refractivity contribution in [1.82, 2.24) is 0 Å². The van der Waals surface area contributed by atoms with Crippen LogP contribution in [0.5, 0.6) is 0 Å². The first-order valence-corrected chi connectivity index (χ1v) is 4.87. The highest BCUT2D eigenvalue weighted by Crippen LogP contribution is 2.31. The minimum absolute atomic E-state index is 1.32. The van der Waals surface area contributed by atoms with Crippen LogP contribution in [0.15, 0.2) is 30.3 Å². The van der Waals surface area contributed by atoms with Gasteiger partial charge in [0.2, 0.25) is 0 Å². The van der Waals surface area contributed by atoms with Gasteiger partial charge in [0, 0.05) is 30.9 Å². The number of rotatable bonds is 1. The molecule has 1 aromatic carbocycles. The molecule has 12 heavy (non-hydrogen) atoms. The van der Waals surface area contributed by atoms with Crippen molar-refractivity contribution in [1.29, 1.82) is 0 Å². The van der Waals surface area contributed by atoms with Gasteiger partial charge >= 0.3 is 0 Å². The highest BCUT2D eigenvalue weighted by molar-refractivity contribution is 5.30. The van der Waals surface area contributed by atoms with Gasteiger partial charge in [0.25, 0.3) is 0 Å². The lowest BCUT2D eigenvalue weighted by atomic mass is 9.84. The Morgan fingerprint density at radius 1 is 0.833 bits per heavy atom. The Morgan fingerprint density at radius 3 is 2.17 bits per heavy atom. The van der Waals surface area contributed by atoms with Crippen LogP contribution in [0, 0.1) is 5.92 Å². The molecule has 0 N–H and O–H groups in total. The van der Waals surface area contributed by atoms with Crippen LogP contribution in [0.3, 0.4) is 0 Å². The van der Waals surface area contributed by atoms with E-state index >= 15 is 0 Å². The maximum Gasteiger partial charge on any atom is 0.132 e. The Hall–Kier alpha value is -0.910. The highest BCUT2D eigenvalue weighted by Gasteiger charge is 2.20. The fourth-order valence-electron chi connectivity index (χ4n) is 1.94. The molecule has 1 aliphatic carbocycles. The average molecular weight is 159 g/mol. The molecule has 0 spiro atoms. The van der Waals surface area contributed by atoms with Gasteiger partial charge in [0.1, 0.15) is 5.56 Å². The van der Waals surface area contributed by atoms with E-state index < -0.39 is 0 Å². The molecule has 1 saturated carbocycles. The summed E-state index contributed by atoms with van der Waals surface area (Å²) in [6.07, 6.45) is 6.86. The fraction of sp³-hybridized carbons (Fsp3) is 0.417. The molecule has 0 unspecified atom stereocenters. The summed E-state index contributed by atoms with van der Waals surface area (Å²) >= 11 is 0. The summed E-state index contributed by atoms with van der Waals surface area (Å²) in [6, 6.07) is 10.8. The van der Waals surface area contributed by atoms with Crippen molar-refractivity contribution in [3.8, 4) is 0 Å². The number of benzene rings is 1. The highest BCUT2D eigenvalue weighted by atomic mass is 14.2. The van der Waals surface area contributed by atoms with Crippen LogP contribution < -0.4 is 0 Å². The predicted octanol–water partition coefficient (Wildman–Crippen LogP) is 3.57. The van der Waals surface area contributed by atoms with E-state index in [0.29, 0.717) is 0 Å². The third-order valence-corrected chi connectivity index (χ3v) is 2.64. The summed E-state index contributed by atoms with van der Waals surface area (Å²) in [5.74, 6) is 1.67. The van der Waals surface area contributed by atoms with Crippen LogP contribution in [0.1, 0.15) is 37.7 Å². The minimum Gasteiger partial charge on any atom is -0.0505 e. The Labute approximate surface area is 74.6 Å². The molecule has 0 aromatic heterocycles. The van der Waals surface area contributed by atoms with E-state index in [-0.39, 0.29) is 0 Å². The number of hydrogen-bond donors (Lipinski definition) is 0. The van der Waals surface area contributed by atoms with Crippen molar-refractivity contribution in [3.63, 3.8) is 0 Å². The van der Waals surface area contributed by atoms with Crippen molar-refractivity contribution >= 4 is 0 Å². The molecule has 0 bridgehead atoms. The third kappa shape index (κ3) is 1.63. The zero-order valence-electron chi connectivity index (χ0n) is 7.42. The maximum absolute atomic E-state index is 2.24. The Kier molecular flexibility index (Phi) is 2.36. The summed E-state index contributed by atoms with van der Waals surface area (Å²) in [7, 11) is 0. The zero-order valence-corrected chi connectivity index (χ0v) is 7.42. The summed E-state index contributed by atoms with van der Waals surface area (Å²) in [5.41, 5.74) is 1.47. The first-order valence-electron chi connectivity index (χ1n) is 4.87. The Bertz CT molecular complexity index is 219. The standard InChI is InChI=1S/C12H15/c1-3-7-11(8-4-1)12-9-5-2-6-10-12/h1,3-4,7-8H,2,5-6,9-10H2/q+1. The third-order valence-electron chi connectivity index (χ3n) is 2.64. The molecule has 1 aliphatic rings. The lowest BCUT2D eigenvalue weighted by Crippen LogP contribution is -2.04. The van der Waals surface area contributed by atoms with Crippen LogP contribution in [-0.4, -0.2) is 0 Å². The lowest BCUT2D eigenvalue weighted by Gasteiger charge is -2.15. The van der Waals surface area contributed by atoms with E-state index in [1.54, 1.807) is 5.92 Å². The number of hydrogen-bond acceptors (Lipinski definition) is 0. The normalized spacial score (nSPS) is 17.8. The summed E-state index contributed by atoms with van der Waals surface area (Å²) < 4.78 is 0. The van der Waals surface area contributed by atoms with Crippen molar-refractivity contribution in [2.75, 3.05) is 0 Å². The van der Waals surface area contributed by atoms with Gasteiger partial charge in [-0.3, -0.25) is 0 Å². The molecular formula is C12H15+. The first kappa shape index (κ1) is 7.72. The molecule has 0 nitrogen and oxygen atoms in total. The largest absolute Gasteiger partial charge is 0.132 e. The van der Waals surface area contributed by atoms with Crippen LogP contribution in [0.25, 0.3) is 0 Å². The molecule has 62 valence electrons. The molecule has 2 rings (SSSR count). The van der Waals surface area contributed by atoms with Crippen LogP contribution >= 0.6 is 0 Å². The summed E-state index contributed by atoms with van der Waals surface area (Å²) in [5, 5.41) is 0. The van der Waals surface area contributed by atoms with E-state index in [9.17, 15) is 0 Å². The van der Waals surface area contributed by atoms with E-state index in [0.717, 1.165) is 0 Å². The second kappa shape index (κ2) is 3.66. The molecule has 0 saturated heterocycles. The van der Waals surface area contributed by atoms with Crippen molar-refractivity contribution in [2.45, 2.75) is 32.1 Å². The second-order valence-electron chi connectivity index (χ2n) is 3.53. The van der Waals surface area contributed by atoms with Crippen molar-refractivity contribution in [3.05, 3.63) is 41.8 Å². The smallest absolute Gasteiger partial charge is 0.0505 e. The molecule has 0 amide bonds. The monoisotopic (exact) mass is 159 g/mol. The maximum atomic E-state index is 2.24. The molecule has 0 aliphatic heterocycles. The average Bonchev–Trinajstić information content (AvgIpc) is 2.21. The van der Waals surface area contributed by atoms with Gasteiger partial charge in [-0.25, -0.2) is 0 Å². The molecule has 1 fully saturated rings. The molecule has 1 aromatic rings. The lowest BCUT2D eigenvalue weighted by molar-refractivity contribution is 0.551. The van der Waals surface area contributed by atoms with Gasteiger partial charge in [-0.05, 0) is 31.0 Å². The molecule has 0 heteroatoms. The summed E-state index contributed by atoms with van der Waals surface area (Å²) in [4.78, 5) is 0. The molecule has 0 atom stereocenters. The van der Waals surface area contributed by atoms with Crippen molar-refractivity contribution in [2.24, 2.45) is 0 Å². The van der Waals surface area contributed by atoms with E-state index in [4.69, 9.17) is 0 Å². The van der Waals surface area contributed by atoms with E-state index in [1.165, 1.54) is 37.7 Å². The van der Waals surface area contributed by atoms with Gasteiger partial charge in [0.05, 0.1) is 0 Å². The van der Waals surface area contributed by atoms with Gasteiger partial charge in [-0.15, -0.1) is 0 Å². The van der Waals surface area contributed by atoms with Gasteiger partial charge in [0.15, 0.2) is 0 Å². The van der Waals surface area contributed by atoms with E-state index in [1.807, 2.05) is 0 Å². The Balaban J connectivity index is 2.08. The van der Waals surface area contributed by atoms with Gasteiger partial charge in [-0.1, -0.05) is 6.42 Å². The first-order chi connectivity index (χ1) is 5.97. The Morgan fingerprint density at radius 2 is 1.50 bits per heavy atom. The van der Waals surface area contributed by atoms with Gasteiger partial charge < -0.3 is 0 Å². The molecule has 0 radical (unpaired) electrons. The molecular weight excluding hydrogens is 144 g/mol. The fourth-order valence-corrected chi connectivity index (χ4v) is 1.94. The van der Waals surface area contributed by atoms with E-state index in [2.05, 4.69) is 30.3 Å². The van der Waals surface area contributed by atoms with Gasteiger partial charge in [-0.2, -0.15) is 0 Å². The van der Waals surface area contributed by atoms with Crippen LogP contribution in [0.4, 0.5) is 0 Å².